The van der Waals surface area contributed by atoms with Crippen LogP contribution in [-0.2, 0) is 9.53 Å². The molecule has 0 bridgehead atoms. The van der Waals surface area contributed by atoms with E-state index >= 15 is 0 Å². The number of methoxy groups -OCH3 is 1. The maximum absolute atomic E-state index is 13.9. The molecule has 124 valence electrons. The molecule has 1 aliphatic heterocycles. The fourth-order valence-corrected chi connectivity index (χ4v) is 3.01. The molecule has 1 heterocycles. The Morgan fingerprint density at radius 3 is 2.64 bits per heavy atom. The average Bonchev–Trinajstić information content (AvgIpc) is 2.47. The standard InChI is InChI=1S/C15H20ClFN2O2.ClH/c1-10(13-11(16)4-3-5-12(13)17)19-14(20)15(21-2)6-8-18-9-7-15;/h3-5,10,18H,6-9H2,1-2H3,(H,19,20);1H. The molecule has 2 N–H and O–H groups in total. The molecule has 0 aromatic heterocycles. The van der Waals surface area contributed by atoms with Gasteiger partial charge in [-0.15, -0.1) is 12.4 Å². The Bertz CT molecular complexity index is 502. The zero-order chi connectivity index (χ0) is 15.5. The quantitative estimate of drug-likeness (QED) is 0.877. The number of rotatable bonds is 4. The zero-order valence-electron chi connectivity index (χ0n) is 12.6. The number of piperidine rings is 1. The molecule has 1 aromatic carbocycles. The summed E-state index contributed by atoms with van der Waals surface area (Å²) in [5.74, 6) is -0.648. The van der Waals surface area contributed by atoms with E-state index in [1.807, 2.05) is 0 Å². The summed E-state index contributed by atoms with van der Waals surface area (Å²) in [5.41, 5.74) is -0.551. The number of hydrogen-bond acceptors (Lipinski definition) is 3. The lowest BCUT2D eigenvalue weighted by molar-refractivity contribution is -0.147. The number of carbonyl (C=O) groups excluding carboxylic acids is 1. The molecule has 1 fully saturated rings. The lowest BCUT2D eigenvalue weighted by Gasteiger charge is -2.35. The van der Waals surface area contributed by atoms with Gasteiger partial charge in [0.05, 0.1) is 6.04 Å². The summed E-state index contributed by atoms with van der Waals surface area (Å²) in [6.07, 6.45) is 1.18. The first-order valence-corrected chi connectivity index (χ1v) is 7.39. The van der Waals surface area contributed by atoms with Crippen LogP contribution in [-0.4, -0.2) is 31.7 Å². The van der Waals surface area contributed by atoms with E-state index < -0.39 is 17.5 Å². The van der Waals surface area contributed by atoms with Crippen LogP contribution in [0.25, 0.3) is 0 Å². The summed E-state index contributed by atoms with van der Waals surface area (Å²) in [6, 6.07) is 3.96. The number of halogens is 3. The van der Waals surface area contributed by atoms with Crippen molar-refractivity contribution in [2.24, 2.45) is 0 Å². The van der Waals surface area contributed by atoms with Gasteiger partial charge in [-0.05, 0) is 45.0 Å². The van der Waals surface area contributed by atoms with Gasteiger partial charge in [-0.3, -0.25) is 4.79 Å². The van der Waals surface area contributed by atoms with Gasteiger partial charge in [0.15, 0.2) is 0 Å². The lowest BCUT2D eigenvalue weighted by atomic mass is 9.90. The normalized spacial score (nSPS) is 18.2. The fraction of sp³-hybridized carbons (Fsp3) is 0.533. The van der Waals surface area contributed by atoms with Crippen molar-refractivity contribution in [1.82, 2.24) is 10.6 Å². The number of benzene rings is 1. The minimum Gasteiger partial charge on any atom is -0.368 e. The monoisotopic (exact) mass is 350 g/mol. The Kier molecular flexibility index (Phi) is 7.06. The van der Waals surface area contributed by atoms with E-state index in [-0.39, 0.29) is 18.3 Å². The molecule has 4 nitrogen and oxygen atoms in total. The van der Waals surface area contributed by atoms with Gasteiger partial charge in [0.2, 0.25) is 0 Å². The first kappa shape index (κ1) is 19.2. The van der Waals surface area contributed by atoms with Crippen LogP contribution < -0.4 is 10.6 Å². The summed E-state index contributed by atoms with van der Waals surface area (Å²) >= 11 is 6.03. The molecule has 22 heavy (non-hydrogen) atoms. The van der Waals surface area contributed by atoms with Crippen molar-refractivity contribution in [2.75, 3.05) is 20.2 Å². The second kappa shape index (κ2) is 8.11. The third kappa shape index (κ3) is 3.90. The van der Waals surface area contributed by atoms with Gasteiger partial charge >= 0.3 is 0 Å². The summed E-state index contributed by atoms with van der Waals surface area (Å²) in [6.45, 7) is 3.15. The second-order valence-electron chi connectivity index (χ2n) is 5.28. The van der Waals surface area contributed by atoms with Crippen molar-refractivity contribution in [3.8, 4) is 0 Å². The Balaban J connectivity index is 0.00000242. The van der Waals surface area contributed by atoms with Crippen LogP contribution >= 0.6 is 24.0 Å². The van der Waals surface area contributed by atoms with Crippen LogP contribution in [0.4, 0.5) is 4.39 Å². The molecule has 0 saturated carbocycles. The zero-order valence-corrected chi connectivity index (χ0v) is 14.2. The van der Waals surface area contributed by atoms with Crippen molar-refractivity contribution in [3.63, 3.8) is 0 Å². The molecular weight excluding hydrogens is 330 g/mol. The third-order valence-electron chi connectivity index (χ3n) is 4.00. The van der Waals surface area contributed by atoms with E-state index in [1.54, 1.807) is 19.1 Å². The fourth-order valence-electron chi connectivity index (χ4n) is 2.68. The van der Waals surface area contributed by atoms with E-state index in [4.69, 9.17) is 16.3 Å². The predicted molar refractivity (Wildman–Crippen MR) is 87.1 cm³/mol. The Morgan fingerprint density at radius 1 is 1.45 bits per heavy atom. The highest BCUT2D eigenvalue weighted by atomic mass is 35.5. The molecule has 1 amide bonds. The molecule has 2 rings (SSSR count). The van der Waals surface area contributed by atoms with Gasteiger partial charge < -0.3 is 15.4 Å². The van der Waals surface area contributed by atoms with Crippen molar-refractivity contribution < 1.29 is 13.9 Å². The van der Waals surface area contributed by atoms with Crippen LogP contribution in [0.15, 0.2) is 18.2 Å². The van der Waals surface area contributed by atoms with Crippen molar-refractivity contribution in [1.29, 1.82) is 0 Å². The molecule has 1 aliphatic rings. The Labute approximate surface area is 141 Å². The van der Waals surface area contributed by atoms with E-state index in [0.717, 1.165) is 13.1 Å². The maximum Gasteiger partial charge on any atom is 0.252 e. The van der Waals surface area contributed by atoms with Gasteiger partial charge in [-0.25, -0.2) is 4.39 Å². The van der Waals surface area contributed by atoms with Crippen LogP contribution in [0.3, 0.4) is 0 Å². The van der Waals surface area contributed by atoms with Gasteiger partial charge in [-0.1, -0.05) is 17.7 Å². The minimum atomic E-state index is -0.850. The Morgan fingerprint density at radius 2 is 2.09 bits per heavy atom. The van der Waals surface area contributed by atoms with E-state index in [0.29, 0.717) is 23.4 Å². The second-order valence-corrected chi connectivity index (χ2v) is 5.69. The maximum atomic E-state index is 13.9. The lowest BCUT2D eigenvalue weighted by Crippen LogP contribution is -2.54. The molecule has 7 heteroatoms. The molecular formula is C15H21Cl2FN2O2. The van der Waals surface area contributed by atoms with Crippen LogP contribution in [0.2, 0.25) is 5.02 Å². The van der Waals surface area contributed by atoms with Crippen LogP contribution in [0, 0.1) is 5.82 Å². The van der Waals surface area contributed by atoms with Gasteiger partial charge in [0.25, 0.3) is 5.91 Å². The number of amides is 1. The van der Waals surface area contributed by atoms with Crippen molar-refractivity contribution in [2.45, 2.75) is 31.4 Å². The average molecular weight is 351 g/mol. The highest BCUT2D eigenvalue weighted by Crippen LogP contribution is 2.28. The van der Waals surface area contributed by atoms with Gasteiger partial charge in [0.1, 0.15) is 11.4 Å². The third-order valence-corrected chi connectivity index (χ3v) is 4.33. The minimum absolute atomic E-state index is 0. The molecule has 1 atom stereocenters. The first-order valence-electron chi connectivity index (χ1n) is 7.01. The van der Waals surface area contributed by atoms with Crippen LogP contribution in [0.5, 0.6) is 0 Å². The largest absolute Gasteiger partial charge is 0.368 e. The van der Waals surface area contributed by atoms with Gasteiger partial charge in [-0.2, -0.15) is 0 Å². The van der Waals surface area contributed by atoms with Crippen molar-refractivity contribution >= 4 is 29.9 Å². The Hall–Kier alpha value is -0.880. The SMILES string of the molecule is COC1(C(=O)NC(C)c2c(F)cccc2Cl)CCNCC1.Cl. The topological polar surface area (TPSA) is 50.4 Å². The van der Waals surface area contributed by atoms with Crippen molar-refractivity contribution in [3.05, 3.63) is 34.6 Å². The highest BCUT2D eigenvalue weighted by molar-refractivity contribution is 6.31. The number of hydrogen-bond donors (Lipinski definition) is 2. The van der Waals surface area contributed by atoms with Gasteiger partial charge in [0, 0.05) is 17.7 Å². The van der Waals surface area contributed by atoms with E-state index in [9.17, 15) is 9.18 Å². The molecule has 0 radical (unpaired) electrons. The number of nitrogens with one attached hydrogen (secondary N) is 2. The van der Waals surface area contributed by atoms with Crippen LogP contribution in [0.1, 0.15) is 31.4 Å². The molecule has 1 saturated heterocycles. The molecule has 0 spiro atoms. The summed E-state index contributed by atoms with van der Waals surface area (Å²) in [4.78, 5) is 12.5. The summed E-state index contributed by atoms with van der Waals surface area (Å²) in [5, 5.41) is 6.32. The highest BCUT2D eigenvalue weighted by Gasteiger charge is 2.40. The van der Waals surface area contributed by atoms with E-state index in [2.05, 4.69) is 10.6 Å². The smallest absolute Gasteiger partial charge is 0.252 e. The molecule has 1 aromatic rings. The molecule has 0 aliphatic carbocycles. The predicted octanol–water partition coefficient (Wildman–Crippen LogP) is 2.85. The first-order chi connectivity index (χ1) is 10.00. The summed E-state index contributed by atoms with van der Waals surface area (Å²) in [7, 11) is 1.53. The number of carbonyl (C=O) groups is 1. The number of ether oxygens (including phenoxy) is 1. The summed E-state index contributed by atoms with van der Waals surface area (Å²) < 4.78 is 19.4. The molecule has 1 unspecified atom stereocenters. The van der Waals surface area contributed by atoms with E-state index in [1.165, 1.54) is 13.2 Å².